The molecule has 1 atom stereocenters. The molecule has 0 aliphatic heterocycles. The predicted molar refractivity (Wildman–Crippen MR) is 63.4 cm³/mol. The maximum Gasteiger partial charge on any atom is 0.327 e. The van der Waals surface area contributed by atoms with Crippen LogP contribution in [0, 0.1) is 0 Å². The number of hydrogen-bond donors (Lipinski definition) is 1. The minimum Gasteiger partial charge on any atom is -0.468 e. The van der Waals surface area contributed by atoms with Gasteiger partial charge in [-0.3, -0.25) is 9.59 Å². The Kier molecular flexibility index (Phi) is 4.23. The van der Waals surface area contributed by atoms with Gasteiger partial charge in [0.2, 0.25) is 0 Å². The largest absolute Gasteiger partial charge is 0.468 e. The number of esters is 1. The minimum absolute atomic E-state index is 0.135. The lowest BCUT2D eigenvalue weighted by Gasteiger charge is -2.13. The van der Waals surface area contributed by atoms with Gasteiger partial charge in [-0.05, 0) is 17.7 Å². The van der Waals surface area contributed by atoms with Gasteiger partial charge in [0.05, 0.1) is 7.11 Å². The van der Waals surface area contributed by atoms with Gasteiger partial charge in [-0.25, -0.2) is 0 Å². The third kappa shape index (κ3) is 3.04. The van der Waals surface area contributed by atoms with Crippen molar-refractivity contribution in [3.8, 4) is 0 Å². The molecule has 5 heteroatoms. The highest BCUT2D eigenvalue weighted by Crippen LogP contribution is 2.14. The number of nitrogens with two attached hydrogens (primary N) is 1. The zero-order valence-electron chi connectivity index (χ0n) is 10.1. The van der Waals surface area contributed by atoms with Crippen LogP contribution in [0.2, 0.25) is 0 Å². The van der Waals surface area contributed by atoms with Gasteiger partial charge in [0, 0.05) is 19.7 Å². The molecule has 1 rings (SSSR count). The lowest BCUT2D eigenvalue weighted by Crippen LogP contribution is -2.24. The Labute approximate surface area is 100 Å². The van der Waals surface area contributed by atoms with Gasteiger partial charge in [-0.15, -0.1) is 0 Å². The second-order valence-electron chi connectivity index (χ2n) is 3.83. The van der Waals surface area contributed by atoms with Crippen LogP contribution in [0.4, 0.5) is 0 Å². The molecule has 0 aromatic heterocycles. The molecule has 0 unspecified atom stereocenters. The van der Waals surface area contributed by atoms with Crippen LogP contribution in [-0.2, 0) is 9.53 Å². The minimum atomic E-state index is -0.866. The van der Waals surface area contributed by atoms with Crippen LogP contribution in [0.25, 0.3) is 0 Å². The van der Waals surface area contributed by atoms with Gasteiger partial charge < -0.3 is 15.4 Å². The van der Waals surface area contributed by atoms with E-state index in [1.165, 1.54) is 12.0 Å². The summed E-state index contributed by atoms with van der Waals surface area (Å²) in [7, 11) is 4.60. The molecule has 2 N–H and O–H groups in total. The van der Waals surface area contributed by atoms with Crippen molar-refractivity contribution < 1.29 is 14.3 Å². The van der Waals surface area contributed by atoms with Crippen molar-refractivity contribution in [1.29, 1.82) is 0 Å². The summed E-state index contributed by atoms with van der Waals surface area (Å²) in [6, 6.07) is 5.79. The molecule has 1 amide bonds. The Hall–Kier alpha value is -1.88. The maximum atomic E-state index is 11.7. The SMILES string of the molecule is COC(=O)[C@@H](N)c1cccc(C(=O)N(C)C)c1. The summed E-state index contributed by atoms with van der Waals surface area (Å²) >= 11 is 0. The lowest BCUT2D eigenvalue weighted by molar-refractivity contribution is -0.142. The predicted octanol–water partition coefficient (Wildman–Crippen LogP) is 0.561. The van der Waals surface area contributed by atoms with Crippen LogP contribution in [0.1, 0.15) is 22.0 Å². The van der Waals surface area contributed by atoms with E-state index in [4.69, 9.17) is 5.73 Å². The molecule has 0 heterocycles. The van der Waals surface area contributed by atoms with E-state index in [0.29, 0.717) is 11.1 Å². The molecule has 92 valence electrons. The Balaban J connectivity index is 3.01. The summed E-state index contributed by atoms with van der Waals surface area (Å²) in [5.41, 5.74) is 6.75. The molecule has 0 aliphatic rings. The van der Waals surface area contributed by atoms with Crippen molar-refractivity contribution in [2.24, 2.45) is 5.73 Å². The van der Waals surface area contributed by atoms with Gasteiger partial charge in [0.15, 0.2) is 0 Å². The molecule has 0 bridgehead atoms. The average Bonchev–Trinajstić information content (AvgIpc) is 2.35. The van der Waals surface area contributed by atoms with Crippen molar-refractivity contribution in [3.63, 3.8) is 0 Å². The quantitative estimate of drug-likeness (QED) is 0.778. The van der Waals surface area contributed by atoms with Gasteiger partial charge in [-0.1, -0.05) is 12.1 Å². The number of hydrogen-bond acceptors (Lipinski definition) is 4. The number of carbonyl (C=O) groups excluding carboxylic acids is 2. The summed E-state index contributed by atoms with van der Waals surface area (Å²) in [6.45, 7) is 0. The standard InChI is InChI=1S/C12H16N2O3/c1-14(2)11(15)9-6-4-5-8(7-9)10(13)12(16)17-3/h4-7,10H,13H2,1-3H3/t10-/m0/s1. The molecule has 0 fully saturated rings. The summed E-state index contributed by atoms with van der Waals surface area (Å²) < 4.78 is 4.55. The van der Waals surface area contributed by atoms with E-state index in [2.05, 4.69) is 4.74 Å². The molecule has 0 saturated heterocycles. The molecular weight excluding hydrogens is 220 g/mol. The molecule has 1 aromatic rings. The number of methoxy groups -OCH3 is 1. The average molecular weight is 236 g/mol. The van der Waals surface area contributed by atoms with Crippen LogP contribution >= 0.6 is 0 Å². The van der Waals surface area contributed by atoms with E-state index in [1.54, 1.807) is 38.4 Å². The third-order valence-electron chi connectivity index (χ3n) is 2.35. The number of carbonyl (C=O) groups is 2. The van der Waals surface area contributed by atoms with Crippen molar-refractivity contribution in [2.45, 2.75) is 6.04 Å². The fourth-order valence-corrected chi connectivity index (χ4v) is 1.39. The first-order valence-corrected chi connectivity index (χ1v) is 5.12. The molecular formula is C12H16N2O3. The van der Waals surface area contributed by atoms with Crippen molar-refractivity contribution in [3.05, 3.63) is 35.4 Å². The zero-order valence-corrected chi connectivity index (χ0v) is 10.1. The fourth-order valence-electron chi connectivity index (χ4n) is 1.39. The molecule has 0 radical (unpaired) electrons. The molecule has 17 heavy (non-hydrogen) atoms. The number of amides is 1. The van der Waals surface area contributed by atoms with E-state index in [1.807, 2.05) is 0 Å². The Bertz CT molecular complexity index is 430. The maximum absolute atomic E-state index is 11.7. The monoisotopic (exact) mass is 236 g/mol. The number of rotatable bonds is 3. The first kappa shape index (κ1) is 13.2. The summed E-state index contributed by atoms with van der Waals surface area (Å²) in [4.78, 5) is 24.5. The number of ether oxygens (including phenoxy) is 1. The molecule has 0 saturated carbocycles. The van der Waals surface area contributed by atoms with Crippen molar-refractivity contribution in [1.82, 2.24) is 4.90 Å². The first-order chi connectivity index (χ1) is 7.97. The number of benzene rings is 1. The van der Waals surface area contributed by atoms with E-state index in [0.717, 1.165) is 0 Å². The van der Waals surface area contributed by atoms with E-state index in [9.17, 15) is 9.59 Å². The Morgan fingerprint density at radius 2 is 2.00 bits per heavy atom. The summed E-state index contributed by atoms with van der Waals surface area (Å²) in [6.07, 6.45) is 0. The fraction of sp³-hybridized carbons (Fsp3) is 0.333. The van der Waals surface area contributed by atoms with Crippen LogP contribution < -0.4 is 5.73 Å². The van der Waals surface area contributed by atoms with Gasteiger partial charge in [0.25, 0.3) is 5.91 Å². The Morgan fingerprint density at radius 1 is 1.35 bits per heavy atom. The van der Waals surface area contributed by atoms with Crippen LogP contribution in [0.5, 0.6) is 0 Å². The summed E-state index contributed by atoms with van der Waals surface area (Å²) in [5.74, 6) is -0.664. The molecule has 0 spiro atoms. The highest BCUT2D eigenvalue weighted by Gasteiger charge is 2.17. The van der Waals surface area contributed by atoms with E-state index in [-0.39, 0.29) is 5.91 Å². The highest BCUT2D eigenvalue weighted by molar-refractivity contribution is 5.94. The smallest absolute Gasteiger partial charge is 0.327 e. The van der Waals surface area contributed by atoms with E-state index >= 15 is 0 Å². The van der Waals surface area contributed by atoms with Gasteiger partial charge in [0.1, 0.15) is 6.04 Å². The normalized spacial score (nSPS) is 11.8. The highest BCUT2D eigenvalue weighted by atomic mass is 16.5. The van der Waals surface area contributed by atoms with Gasteiger partial charge in [-0.2, -0.15) is 0 Å². The van der Waals surface area contributed by atoms with Crippen molar-refractivity contribution >= 4 is 11.9 Å². The number of nitrogens with zero attached hydrogens (tertiary/aromatic N) is 1. The van der Waals surface area contributed by atoms with Crippen LogP contribution in [0.3, 0.4) is 0 Å². The molecule has 5 nitrogen and oxygen atoms in total. The van der Waals surface area contributed by atoms with Crippen LogP contribution in [-0.4, -0.2) is 38.0 Å². The summed E-state index contributed by atoms with van der Waals surface area (Å²) in [5, 5.41) is 0. The Morgan fingerprint density at radius 3 is 2.53 bits per heavy atom. The first-order valence-electron chi connectivity index (χ1n) is 5.12. The molecule has 0 aliphatic carbocycles. The third-order valence-corrected chi connectivity index (χ3v) is 2.35. The topological polar surface area (TPSA) is 72.6 Å². The lowest BCUT2D eigenvalue weighted by atomic mass is 10.0. The van der Waals surface area contributed by atoms with Crippen molar-refractivity contribution in [2.75, 3.05) is 21.2 Å². The van der Waals surface area contributed by atoms with Crippen LogP contribution in [0.15, 0.2) is 24.3 Å². The van der Waals surface area contributed by atoms with Gasteiger partial charge >= 0.3 is 5.97 Å². The second-order valence-corrected chi connectivity index (χ2v) is 3.83. The molecule has 1 aromatic carbocycles. The second kappa shape index (κ2) is 5.45. The van der Waals surface area contributed by atoms with E-state index < -0.39 is 12.0 Å². The zero-order chi connectivity index (χ0) is 13.0.